The van der Waals surface area contributed by atoms with Crippen LogP contribution in [0.2, 0.25) is 0 Å². The van der Waals surface area contributed by atoms with Gasteiger partial charge in [-0.15, -0.1) is 12.4 Å². The molecule has 0 aromatic rings. The van der Waals surface area contributed by atoms with Crippen LogP contribution in [0.3, 0.4) is 0 Å². The molecule has 1 amide bonds. The fraction of sp³-hybridized carbons (Fsp3) is 0.933. The molecule has 1 aliphatic carbocycles. The van der Waals surface area contributed by atoms with Crippen molar-refractivity contribution in [3.63, 3.8) is 0 Å². The van der Waals surface area contributed by atoms with Crippen LogP contribution >= 0.6 is 12.4 Å². The van der Waals surface area contributed by atoms with Gasteiger partial charge in [-0.2, -0.15) is 0 Å². The maximum absolute atomic E-state index is 12.6. The molecule has 2 rings (SSSR count). The van der Waals surface area contributed by atoms with Crippen molar-refractivity contribution in [2.75, 3.05) is 33.4 Å². The Morgan fingerprint density at radius 1 is 1.33 bits per heavy atom. The third kappa shape index (κ3) is 4.81. The average molecular weight is 321 g/mol. The molecule has 0 radical (unpaired) electrons. The maximum Gasteiger partial charge on any atom is 0.228 e. The Morgan fingerprint density at radius 3 is 2.62 bits per heavy atom. The number of carbonyl (C=O) groups is 1. The zero-order valence-electron chi connectivity index (χ0n) is 12.9. The smallest absolute Gasteiger partial charge is 0.228 e. The largest absolute Gasteiger partial charge is 0.393 e. The van der Waals surface area contributed by atoms with E-state index in [0.29, 0.717) is 13.2 Å². The van der Waals surface area contributed by atoms with Gasteiger partial charge in [0.1, 0.15) is 0 Å². The average Bonchev–Trinajstić information content (AvgIpc) is 2.47. The summed E-state index contributed by atoms with van der Waals surface area (Å²) < 4.78 is 5.28. The van der Waals surface area contributed by atoms with E-state index in [1.54, 1.807) is 7.11 Å². The topological polar surface area (TPSA) is 70.6 Å². The van der Waals surface area contributed by atoms with Gasteiger partial charge in [0.25, 0.3) is 0 Å². The molecule has 2 fully saturated rings. The van der Waals surface area contributed by atoms with Gasteiger partial charge in [-0.3, -0.25) is 4.79 Å². The number of hydrogen-bond donors (Lipinski definition) is 3. The van der Waals surface area contributed by atoms with E-state index in [1.165, 1.54) is 0 Å². The van der Waals surface area contributed by atoms with Crippen LogP contribution in [0.25, 0.3) is 0 Å². The van der Waals surface area contributed by atoms with E-state index < -0.39 is 0 Å². The lowest BCUT2D eigenvalue weighted by atomic mass is 9.78. The fourth-order valence-electron chi connectivity index (χ4n) is 3.46. The molecule has 124 valence electrons. The van der Waals surface area contributed by atoms with E-state index in [2.05, 4.69) is 10.6 Å². The number of ether oxygens (including phenoxy) is 1. The summed E-state index contributed by atoms with van der Waals surface area (Å²) in [5, 5.41) is 16.3. The first-order chi connectivity index (χ1) is 9.68. The second-order valence-electron chi connectivity index (χ2n) is 6.29. The molecule has 21 heavy (non-hydrogen) atoms. The summed E-state index contributed by atoms with van der Waals surface area (Å²) in [6.07, 6.45) is 5.53. The lowest BCUT2D eigenvalue weighted by Crippen LogP contribution is -2.51. The van der Waals surface area contributed by atoms with Crippen LogP contribution in [0.1, 0.15) is 38.5 Å². The lowest BCUT2D eigenvalue weighted by Gasteiger charge is -2.36. The van der Waals surface area contributed by atoms with E-state index in [-0.39, 0.29) is 35.8 Å². The van der Waals surface area contributed by atoms with Gasteiger partial charge in [0.05, 0.1) is 18.1 Å². The summed E-state index contributed by atoms with van der Waals surface area (Å²) in [5.74, 6) is 0.313. The van der Waals surface area contributed by atoms with Crippen molar-refractivity contribution in [3.8, 4) is 0 Å². The Kier molecular flexibility index (Phi) is 7.95. The number of halogens is 1. The highest BCUT2D eigenvalue weighted by Gasteiger charge is 2.39. The van der Waals surface area contributed by atoms with Crippen LogP contribution in [-0.2, 0) is 9.53 Å². The molecule has 6 heteroatoms. The number of piperidine rings is 1. The van der Waals surface area contributed by atoms with Gasteiger partial charge >= 0.3 is 0 Å². The molecule has 1 saturated carbocycles. The third-order valence-electron chi connectivity index (χ3n) is 4.86. The number of methoxy groups -OCH3 is 1. The van der Waals surface area contributed by atoms with E-state index in [4.69, 9.17) is 4.74 Å². The molecule has 0 bridgehead atoms. The number of amides is 1. The van der Waals surface area contributed by atoms with Crippen LogP contribution in [0.4, 0.5) is 0 Å². The summed E-state index contributed by atoms with van der Waals surface area (Å²) in [4.78, 5) is 12.6. The number of carbonyl (C=O) groups excluding carboxylic acids is 1. The van der Waals surface area contributed by atoms with Crippen molar-refractivity contribution in [3.05, 3.63) is 0 Å². The van der Waals surface area contributed by atoms with Gasteiger partial charge in [0.15, 0.2) is 0 Å². The lowest BCUT2D eigenvalue weighted by molar-refractivity contribution is -0.136. The monoisotopic (exact) mass is 320 g/mol. The molecule has 0 spiro atoms. The molecule has 1 heterocycles. The van der Waals surface area contributed by atoms with Crippen LogP contribution in [0.5, 0.6) is 0 Å². The molecule has 0 aromatic heterocycles. The summed E-state index contributed by atoms with van der Waals surface area (Å²) in [6, 6.07) is 0. The van der Waals surface area contributed by atoms with E-state index in [1.807, 2.05) is 0 Å². The van der Waals surface area contributed by atoms with Gasteiger partial charge in [-0.1, -0.05) is 12.8 Å². The minimum atomic E-state index is -0.389. The summed E-state index contributed by atoms with van der Waals surface area (Å²) in [6.45, 7) is 2.80. The highest BCUT2D eigenvalue weighted by Crippen LogP contribution is 2.30. The summed E-state index contributed by atoms with van der Waals surface area (Å²) in [7, 11) is 1.65. The van der Waals surface area contributed by atoms with Crippen molar-refractivity contribution in [1.29, 1.82) is 0 Å². The first-order valence-electron chi connectivity index (χ1n) is 7.84. The molecule has 3 N–H and O–H groups in total. The van der Waals surface area contributed by atoms with Crippen molar-refractivity contribution >= 4 is 18.3 Å². The first-order valence-corrected chi connectivity index (χ1v) is 7.84. The Labute approximate surface area is 133 Å². The molecule has 1 saturated heterocycles. The zero-order chi connectivity index (χ0) is 14.4. The normalized spacial score (nSPS) is 28.5. The molecular weight excluding hydrogens is 292 g/mol. The highest BCUT2D eigenvalue weighted by molar-refractivity contribution is 5.85. The zero-order valence-corrected chi connectivity index (χ0v) is 13.7. The molecular formula is C15H29ClN2O3. The molecule has 2 atom stereocenters. The predicted octanol–water partition coefficient (Wildman–Crippen LogP) is 1.09. The first kappa shape index (κ1) is 18.7. The van der Waals surface area contributed by atoms with Crippen molar-refractivity contribution in [2.45, 2.75) is 44.6 Å². The Hall–Kier alpha value is -0.360. The van der Waals surface area contributed by atoms with Gasteiger partial charge in [-0.05, 0) is 38.8 Å². The predicted molar refractivity (Wildman–Crippen MR) is 84.6 cm³/mol. The number of rotatable bonds is 5. The number of nitrogens with one attached hydrogen (secondary N) is 2. The second-order valence-corrected chi connectivity index (χ2v) is 6.29. The third-order valence-corrected chi connectivity index (χ3v) is 4.86. The van der Waals surface area contributed by atoms with Crippen LogP contribution < -0.4 is 10.6 Å². The second kappa shape index (κ2) is 8.93. The van der Waals surface area contributed by atoms with Crippen LogP contribution in [-0.4, -0.2) is 50.5 Å². The Bertz CT molecular complexity index is 317. The number of aliphatic hydroxyl groups is 1. The molecule has 2 unspecified atom stereocenters. The van der Waals surface area contributed by atoms with Gasteiger partial charge in [0, 0.05) is 19.6 Å². The van der Waals surface area contributed by atoms with Gasteiger partial charge in [0.2, 0.25) is 5.91 Å². The number of aliphatic hydroxyl groups excluding tert-OH is 1. The standard InChI is InChI=1S/C15H28N2O3.ClH/c1-20-11-15(6-8-16-9-7-15)14(19)17-10-12-4-2-3-5-13(12)18;/h12-13,16,18H,2-11H2,1H3,(H,17,19);1H. The van der Waals surface area contributed by atoms with Crippen molar-refractivity contribution in [1.82, 2.24) is 10.6 Å². The van der Waals surface area contributed by atoms with Gasteiger partial charge < -0.3 is 20.5 Å². The van der Waals surface area contributed by atoms with E-state index in [9.17, 15) is 9.90 Å². The minimum absolute atomic E-state index is 0. The maximum atomic E-state index is 12.6. The van der Waals surface area contributed by atoms with Crippen molar-refractivity contribution < 1.29 is 14.6 Å². The molecule has 0 aromatic carbocycles. The number of hydrogen-bond acceptors (Lipinski definition) is 4. The Morgan fingerprint density at radius 2 is 2.00 bits per heavy atom. The van der Waals surface area contributed by atoms with Crippen molar-refractivity contribution in [2.24, 2.45) is 11.3 Å². The highest BCUT2D eigenvalue weighted by atomic mass is 35.5. The Balaban J connectivity index is 0.00000220. The van der Waals surface area contributed by atoms with E-state index >= 15 is 0 Å². The SMILES string of the molecule is COCC1(C(=O)NCC2CCCCC2O)CCNCC1.Cl. The van der Waals surface area contributed by atoms with Crippen LogP contribution in [0, 0.1) is 11.3 Å². The fourth-order valence-corrected chi connectivity index (χ4v) is 3.46. The minimum Gasteiger partial charge on any atom is -0.393 e. The molecule has 2 aliphatic rings. The van der Waals surface area contributed by atoms with E-state index in [0.717, 1.165) is 51.6 Å². The van der Waals surface area contributed by atoms with Gasteiger partial charge in [-0.25, -0.2) is 0 Å². The quantitative estimate of drug-likeness (QED) is 0.709. The molecule has 1 aliphatic heterocycles. The summed E-state index contributed by atoms with van der Waals surface area (Å²) >= 11 is 0. The summed E-state index contributed by atoms with van der Waals surface area (Å²) in [5.41, 5.74) is -0.389. The molecule has 5 nitrogen and oxygen atoms in total. The van der Waals surface area contributed by atoms with Crippen LogP contribution in [0.15, 0.2) is 0 Å².